The zero-order valence-corrected chi connectivity index (χ0v) is 10.3. The number of Topliss-reactive ketones (excluding diaryl/α,β-unsaturated/α-hetero) is 1. The summed E-state index contributed by atoms with van der Waals surface area (Å²) in [6.45, 7) is 1.95. The summed E-state index contributed by atoms with van der Waals surface area (Å²) in [6, 6.07) is 0. The Morgan fingerprint density at radius 2 is 2.18 bits per heavy atom. The first-order valence-corrected chi connectivity index (χ1v) is 6.04. The number of hydrogen-bond acceptors (Lipinski definition) is 4. The molecule has 0 aromatic rings. The van der Waals surface area contributed by atoms with Crippen molar-refractivity contribution in [1.82, 2.24) is 0 Å². The minimum Gasteiger partial charge on any atom is -0.465 e. The molecule has 0 bridgehead atoms. The zero-order chi connectivity index (χ0) is 12.6. The van der Waals surface area contributed by atoms with Crippen molar-refractivity contribution in [3.05, 3.63) is 11.1 Å². The molecule has 0 radical (unpaired) electrons. The summed E-state index contributed by atoms with van der Waals surface area (Å²) in [5.41, 5.74) is 0.578. The number of aliphatic hydroxyl groups is 1. The van der Waals surface area contributed by atoms with Crippen molar-refractivity contribution in [3.63, 3.8) is 0 Å². The van der Waals surface area contributed by atoms with Crippen LogP contribution < -0.4 is 0 Å². The van der Waals surface area contributed by atoms with E-state index in [9.17, 15) is 14.7 Å². The predicted octanol–water partition coefficient (Wildman–Crippen LogP) is 1.37. The monoisotopic (exact) mass is 238 g/mol. The van der Waals surface area contributed by atoms with Crippen LogP contribution in [-0.4, -0.2) is 30.1 Å². The third kappa shape index (κ3) is 1.80. The van der Waals surface area contributed by atoms with Crippen molar-refractivity contribution >= 4 is 11.8 Å². The Kier molecular flexibility index (Phi) is 3.08. The molecule has 2 aliphatic rings. The van der Waals surface area contributed by atoms with Crippen LogP contribution in [0.3, 0.4) is 0 Å². The van der Waals surface area contributed by atoms with Gasteiger partial charge in [-0.3, -0.25) is 4.79 Å². The van der Waals surface area contributed by atoms with Gasteiger partial charge in [0.15, 0.2) is 5.78 Å². The summed E-state index contributed by atoms with van der Waals surface area (Å²) in [4.78, 5) is 23.6. The zero-order valence-electron chi connectivity index (χ0n) is 10.3. The molecule has 0 unspecified atom stereocenters. The van der Waals surface area contributed by atoms with Crippen molar-refractivity contribution in [2.45, 2.75) is 45.1 Å². The Hall–Kier alpha value is -1.16. The first kappa shape index (κ1) is 12.3. The number of ketones is 1. The normalized spacial score (nSPS) is 33.4. The summed E-state index contributed by atoms with van der Waals surface area (Å²) in [7, 11) is 1.29. The number of hydrogen-bond donors (Lipinski definition) is 1. The van der Waals surface area contributed by atoms with Crippen LogP contribution in [0.5, 0.6) is 0 Å². The summed E-state index contributed by atoms with van der Waals surface area (Å²) < 4.78 is 4.69. The molecule has 4 nitrogen and oxygen atoms in total. The van der Waals surface area contributed by atoms with Crippen molar-refractivity contribution in [2.24, 2.45) is 5.41 Å². The van der Waals surface area contributed by atoms with E-state index >= 15 is 0 Å². The SMILES string of the molecule is COC(=O)C1=C2CCC[C@@H](O)[C@]2(C)CCC1=O. The quantitative estimate of drug-likeness (QED) is 0.553. The second-order valence-electron chi connectivity index (χ2n) is 5.09. The highest BCUT2D eigenvalue weighted by molar-refractivity contribution is 6.18. The Labute approximate surface area is 101 Å². The van der Waals surface area contributed by atoms with E-state index in [2.05, 4.69) is 0 Å². The molecule has 0 spiro atoms. The van der Waals surface area contributed by atoms with Crippen molar-refractivity contribution in [3.8, 4) is 0 Å². The molecule has 1 N–H and O–H groups in total. The van der Waals surface area contributed by atoms with Crippen LogP contribution in [0.1, 0.15) is 39.0 Å². The lowest BCUT2D eigenvalue weighted by atomic mass is 9.62. The maximum absolute atomic E-state index is 11.9. The number of ether oxygens (including phenoxy) is 1. The number of methoxy groups -OCH3 is 1. The Balaban J connectivity index is 2.52. The first-order valence-electron chi connectivity index (χ1n) is 6.04. The van der Waals surface area contributed by atoms with Crippen LogP contribution in [0, 0.1) is 5.41 Å². The van der Waals surface area contributed by atoms with E-state index in [1.807, 2.05) is 6.92 Å². The number of carbonyl (C=O) groups excluding carboxylic acids is 2. The van der Waals surface area contributed by atoms with Crippen LogP contribution in [-0.2, 0) is 14.3 Å². The maximum Gasteiger partial charge on any atom is 0.341 e. The molecule has 0 amide bonds. The molecular formula is C13H18O4. The highest BCUT2D eigenvalue weighted by Gasteiger charge is 2.46. The highest BCUT2D eigenvalue weighted by Crippen LogP contribution is 2.48. The maximum atomic E-state index is 11.9. The summed E-state index contributed by atoms with van der Waals surface area (Å²) in [6.07, 6.45) is 2.76. The van der Waals surface area contributed by atoms with E-state index < -0.39 is 17.5 Å². The minimum atomic E-state index is -0.551. The number of aliphatic hydroxyl groups excluding tert-OH is 1. The van der Waals surface area contributed by atoms with Gasteiger partial charge in [0.05, 0.1) is 13.2 Å². The lowest BCUT2D eigenvalue weighted by Gasteiger charge is -2.44. The molecule has 2 atom stereocenters. The van der Waals surface area contributed by atoms with Crippen LogP contribution in [0.25, 0.3) is 0 Å². The van der Waals surface area contributed by atoms with Crippen molar-refractivity contribution in [1.29, 1.82) is 0 Å². The van der Waals surface area contributed by atoms with Gasteiger partial charge >= 0.3 is 5.97 Å². The van der Waals surface area contributed by atoms with Crippen LogP contribution in [0.15, 0.2) is 11.1 Å². The van der Waals surface area contributed by atoms with Gasteiger partial charge in [-0.25, -0.2) is 4.79 Å². The number of esters is 1. The third-order valence-electron chi connectivity index (χ3n) is 4.17. The third-order valence-corrected chi connectivity index (χ3v) is 4.17. The van der Waals surface area contributed by atoms with Gasteiger partial charge in [0, 0.05) is 11.8 Å². The molecule has 0 heterocycles. The lowest BCUT2D eigenvalue weighted by molar-refractivity contribution is -0.138. The van der Waals surface area contributed by atoms with Gasteiger partial charge < -0.3 is 9.84 Å². The van der Waals surface area contributed by atoms with E-state index in [0.717, 1.165) is 18.4 Å². The number of fused-ring (bicyclic) bond motifs is 1. The summed E-state index contributed by atoms with van der Waals surface area (Å²) in [5.74, 6) is -0.691. The van der Waals surface area contributed by atoms with E-state index in [0.29, 0.717) is 19.3 Å². The minimum absolute atomic E-state index is 0.140. The van der Waals surface area contributed by atoms with Gasteiger partial charge in [-0.2, -0.15) is 0 Å². The fourth-order valence-corrected chi connectivity index (χ4v) is 3.01. The largest absolute Gasteiger partial charge is 0.465 e. The predicted molar refractivity (Wildman–Crippen MR) is 61.2 cm³/mol. The highest BCUT2D eigenvalue weighted by atomic mass is 16.5. The molecule has 94 valence electrons. The fraction of sp³-hybridized carbons (Fsp3) is 0.692. The topological polar surface area (TPSA) is 63.6 Å². The van der Waals surface area contributed by atoms with Gasteiger partial charge in [0.2, 0.25) is 0 Å². The second-order valence-corrected chi connectivity index (χ2v) is 5.09. The van der Waals surface area contributed by atoms with Gasteiger partial charge in [-0.15, -0.1) is 0 Å². The Morgan fingerprint density at radius 1 is 1.47 bits per heavy atom. The molecule has 2 rings (SSSR count). The summed E-state index contributed by atoms with van der Waals surface area (Å²) in [5, 5.41) is 10.1. The molecule has 0 aliphatic heterocycles. The van der Waals surface area contributed by atoms with Crippen LogP contribution in [0.2, 0.25) is 0 Å². The first-order chi connectivity index (χ1) is 8.00. The van der Waals surface area contributed by atoms with E-state index in [1.165, 1.54) is 7.11 Å². The molecule has 0 aromatic heterocycles. The Bertz CT molecular complexity index is 396. The van der Waals surface area contributed by atoms with Crippen molar-refractivity contribution in [2.75, 3.05) is 7.11 Å². The molecule has 17 heavy (non-hydrogen) atoms. The van der Waals surface area contributed by atoms with Gasteiger partial charge in [0.1, 0.15) is 5.57 Å². The molecule has 4 heteroatoms. The molecule has 0 saturated heterocycles. The lowest BCUT2D eigenvalue weighted by Crippen LogP contribution is -2.43. The number of rotatable bonds is 1. The average Bonchev–Trinajstić information content (AvgIpc) is 2.31. The average molecular weight is 238 g/mol. The standard InChI is InChI=1S/C13H18O4/c1-13-7-6-9(14)11(12(16)17-2)8(13)4-3-5-10(13)15/h10,15H,3-7H2,1-2H3/t10-,13-/m1/s1. The van der Waals surface area contributed by atoms with E-state index in [1.54, 1.807) is 0 Å². The van der Waals surface area contributed by atoms with E-state index in [4.69, 9.17) is 4.74 Å². The molecular weight excluding hydrogens is 220 g/mol. The second kappa shape index (κ2) is 4.26. The smallest absolute Gasteiger partial charge is 0.341 e. The van der Waals surface area contributed by atoms with Crippen LogP contribution in [0.4, 0.5) is 0 Å². The van der Waals surface area contributed by atoms with E-state index in [-0.39, 0.29) is 11.4 Å². The fourth-order valence-electron chi connectivity index (χ4n) is 3.01. The van der Waals surface area contributed by atoms with Gasteiger partial charge in [-0.1, -0.05) is 6.92 Å². The van der Waals surface area contributed by atoms with Gasteiger partial charge in [-0.05, 0) is 31.3 Å². The molecule has 1 saturated carbocycles. The van der Waals surface area contributed by atoms with Crippen LogP contribution >= 0.6 is 0 Å². The Morgan fingerprint density at radius 3 is 2.82 bits per heavy atom. The molecule has 1 fully saturated rings. The van der Waals surface area contributed by atoms with Gasteiger partial charge in [0.25, 0.3) is 0 Å². The summed E-state index contributed by atoms with van der Waals surface area (Å²) >= 11 is 0. The molecule has 2 aliphatic carbocycles. The molecule has 0 aromatic carbocycles. The van der Waals surface area contributed by atoms with Crippen molar-refractivity contribution < 1.29 is 19.4 Å². The number of carbonyl (C=O) groups is 2.